The molecule has 0 aliphatic heterocycles. The topological polar surface area (TPSA) is 21.3 Å². The van der Waals surface area contributed by atoms with E-state index in [-0.39, 0.29) is 6.10 Å². The Kier molecular flexibility index (Phi) is 5.92. The lowest BCUT2D eigenvalue weighted by Gasteiger charge is -2.18. The van der Waals surface area contributed by atoms with Crippen LogP contribution in [0.2, 0.25) is 0 Å². The lowest BCUT2D eigenvalue weighted by atomic mass is 9.97. The minimum absolute atomic E-state index is 0.192. The van der Waals surface area contributed by atoms with E-state index in [1.165, 1.54) is 48.4 Å². The highest BCUT2D eigenvalue weighted by Gasteiger charge is 2.10. The standard InChI is InChI=1S/C22H29NO/c1-17(2)24-22-13-12-19-10-6-7-11-20(19)21(22)16-23-15-14-18-8-4-3-5-9-18/h6-8,10-13,17,23H,3-5,9,14-16H2,1-2H3. The second-order valence-corrected chi connectivity index (χ2v) is 6.96. The first-order valence-corrected chi connectivity index (χ1v) is 9.30. The summed E-state index contributed by atoms with van der Waals surface area (Å²) in [5.74, 6) is 1.01. The monoisotopic (exact) mass is 323 g/mol. The van der Waals surface area contributed by atoms with Crippen molar-refractivity contribution in [2.24, 2.45) is 0 Å². The van der Waals surface area contributed by atoms with Crippen molar-refractivity contribution in [3.63, 3.8) is 0 Å². The van der Waals surface area contributed by atoms with Crippen LogP contribution in [0.1, 0.15) is 51.5 Å². The van der Waals surface area contributed by atoms with E-state index < -0.39 is 0 Å². The van der Waals surface area contributed by atoms with E-state index in [0.717, 1.165) is 18.8 Å². The van der Waals surface area contributed by atoms with Gasteiger partial charge in [0, 0.05) is 12.1 Å². The number of allylic oxidation sites excluding steroid dienone is 1. The largest absolute Gasteiger partial charge is 0.491 e. The maximum Gasteiger partial charge on any atom is 0.124 e. The first-order chi connectivity index (χ1) is 11.7. The molecule has 0 atom stereocenters. The number of fused-ring (bicyclic) bond motifs is 1. The third-order valence-electron chi connectivity index (χ3n) is 4.67. The summed E-state index contributed by atoms with van der Waals surface area (Å²) in [5.41, 5.74) is 2.91. The van der Waals surface area contributed by atoms with Crippen molar-refractivity contribution >= 4 is 10.8 Å². The van der Waals surface area contributed by atoms with E-state index in [9.17, 15) is 0 Å². The van der Waals surface area contributed by atoms with Gasteiger partial charge in [0.1, 0.15) is 5.75 Å². The van der Waals surface area contributed by atoms with Gasteiger partial charge >= 0.3 is 0 Å². The van der Waals surface area contributed by atoms with Gasteiger partial charge in [-0.1, -0.05) is 42.0 Å². The molecule has 1 N–H and O–H groups in total. The molecule has 0 unspecified atom stereocenters. The Hall–Kier alpha value is -1.80. The normalized spacial score (nSPS) is 14.9. The van der Waals surface area contributed by atoms with E-state index in [4.69, 9.17) is 4.74 Å². The van der Waals surface area contributed by atoms with E-state index in [2.05, 4.69) is 61.6 Å². The van der Waals surface area contributed by atoms with Crippen LogP contribution in [0.25, 0.3) is 10.8 Å². The van der Waals surface area contributed by atoms with Gasteiger partial charge < -0.3 is 10.1 Å². The molecule has 0 saturated heterocycles. The highest BCUT2D eigenvalue weighted by Crippen LogP contribution is 2.29. The fraction of sp³-hybridized carbons (Fsp3) is 0.455. The molecule has 2 aromatic rings. The summed E-state index contributed by atoms with van der Waals surface area (Å²) < 4.78 is 6.05. The predicted octanol–water partition coefficient (Wildman–Crippen LogP) is 5.61. The quantitative estimate of drug-likeness (QED) is 0.528. The van der Waals surface area contributed by atoms with Crippen molar-refractivity contribution in [1.82, 2.24) is 5.32 Å². The van der Waals surface area contributed by atoms with E-state index in [1.54, 1.807) is 5.57 Å². The highest BCUT2D eigenvalue weighted by atomic mass is 16.5. The molecule has 0 radical (unpaired) electrons. The van der Waals surface area contributed by atoms with Gasteiger partial charge in [-0.2, -0.15) is 0 Å². The van der Waals surface area contributed by atoms with Crippen molar-refractivity contribution in [3.05, 3.63) is 53.6 Å². The molecule has 1 aliphatic carbocycles. The fourth-order valence-corrected chi connectivity index (χ4v) is 3.46. The number of hydrogen-bond donors (Lipinski definition) is 1. The molecular weight excluding hydrogens is 294 g/mol. The molecular formula is C22H29NO. The number of benzene rings is 2. The highest BCUT2D eigenvalue weighted by molar-refractivity contribution is 5.87. The summed E-state index contributed by atoms with van der Waals surface area (Å²) in [5, 5.41) is 6.20. The minimum atomic E-state index is 0.192. The Bertz CT molecular complexity index is 702. The lowest BCUT2D eigenvalue weighted by Crippen LogP contribution is -2.17. The zero-order valence-corrected chi connectivity index (χ0v) is 15.0. The summed E-state index contributed by atoms with van der Waals surface area (Å²) >= 11 is 0. The molecule has 2 heteroatoms. The molecule has 0 amide bonds. The van der Waals surface area contributed by atoms with Crippen LogP contribution in [0.5, 0.6) is 5.75 Å². The Balaban J connectivity index is 1.70. The molecule has 0 saturated carbocycles. The van der Waals surface area contributed by atoms with Crippen LogP contribution >= 0.6 is 0 Å². The minimum Gasteiger partial charge on any atom is -0.491 e. The second kappa shape index (κ2) is 8.34. The molecule has 0 aromatic heterocycles. The molecule has 0 fully saturated rings. The Labute approximate surface area is 145 Å². The van der Waals surface area contributed by atoms with Gasteiger partial charge in [0.25, 0.3) is 0 Å². The van der Waals surface area contributed by atoms with Gasteiger partial charge in [-0.3, -0.25) is 0 Å². The van der Waals surface area contributed by atoms with Crippen LogP contribution in [0.4, 0.5) is 0 Å². The molecule has 0 spiro atoms. The maximum atomic E-state index is 6.05. The maximum absolute atomic E-state index is 6.05. The Morgan fingerprint density at radius 3 is 2.75 bits per heavy atom. The molecule has 1 aliphatic rings. The average molecular weight is 323 g/mol. The van der Waals surface area contributed by atoms with E-state index in [1.807, 2.05) is 0 Å². The smallest absolute Gasteiger partial charge is 0.124 e. The molecule has 0 bridgehead atoms. The third kappa shape index (κ3) is 4.39. The Morgan fingerprint density at radius 1 is 1.08 bits per heavy atom. The average Bonchev–Trinajstić information content (AvgIpc) is 2.60. The molecule has 128 valence electrons. The molecule has 24 heavy (non-hydrogen) atoms. The second-order valence-electron chi connectivity index (χ2n) is 6.96. The summed E-state index contributed by atoms with van der Waals surface area (Å²) in [7, 11) is 0. The lowest BCUT2D eigenvalue weighted by molar-refractivity contribution is 0.240. The van der Waals surface area contributed by atoms with Crippen molar-refractivity contribution in [2.45, 2.75) is 58.6 Å². The van der Waals surface area contributed by atoms with Crippen LogP contribution in [-0.2, 0) is 6.54 Å². The number of hydrogen-bond acceptors (Lipinski definition) is 2. The summed E-state index contributed by atoms with van der Waals surface area (Å²) in [6.45, 7) is 6.07. The summed E-state index contributed by atoms with van der Waals surface area (Å²) in [4.78, 5) is 0. The SMILES string of the molecule is CC(C)Oc1ccc2ccccc2c1CNCCC1=CCCCC1. The van der Waals surface area contributed by atoms with Crippen molar-refractivity contribution < 1.29 is 4.74 Å². The van der Waals surface area contributed by atoms with Gasteiger partial charge in [0.2, 0.25) is 0 Å². The first-order valence-electron chi connectivity index (χ1n) is 9.30. The Morgan fingerprint density at radius 2 is 1.96 bits per heavy atom. The molecule has 3 rings (SSSR count). The van der Waals surface area contributed by atoms with Crippen LogP contribution in [0, 0.1) is 0 Å². The molecule has 0 heterocycles. The molecule has 2 nitrogen and oxygen atoms in total. The zero-order chi connectivity index (χ0) is 16.8. The predicted molar refractivity (Wildman–Crippen MR) is 103 cm³/mol. The number of nitrogens with one attached hydrogen (secondary N) is 1. The van der Waals surface area contributed by atoms with Gasteiger partial charge in [-0.05, 0) is 69.3 Å². The first kappa shape index (κ1) is 17.0. The van der Waals surface area contributed by atoms with Gasteiger partial charge in [0.05, 0.1) is 6.10 Å². The van der Waals surface area contributed by atoms with Gasteiger partial charge in [0.15, 0.2) is 0 Å². The van der Waals surface area contributed by atoms with Crippen LogP contribution < -0.4 is 10.1 Å². The van der Waals surface area contributed by atoms with E-state index >= 15 is 0 Å². The summed E-state index contributed by atoms with van der Waals surface area (Å²) in [6.07, 6.45) is 9.09. The van der Waals surface area contributed by atoms with Crippen molar-refractivity contribution in [1.29, 1.82) is 0 Å². The van der Waals surface area contributed by atoms with Gasteiger partial charge in [-0.15, -0.1) is 0 Å². The zero-order valence-electron chi connectivity index (χ0n) is 15.0. The van der Waals surface area contributed by atoms with Crippen LogP contribution in [-0.4, -0.2) is 12.6 Å². The van der Waals surface area contributed by atoms with Crippen LogP contribution in [0.15, 0.2) is 48.0 Å². The van der Waals surface area contributed by atoms with Crippen molar-refractivity contribution in [2.75, 3.05) is 6.54 Å². The molecule has 2 aromatic carbocycles. The van der Waals surface area contributed by atoms with Crippen LogP contribution in [0.3, 0.4) is 0 Å². The fourth-order valence-electron chi connectivity index (χ4n) is 3.46. The van der Waals surface area contributed by atoms with Gasteiger partial charge in [-0.25, -0.2) is 0 Å². The number of rotatable bonds is 7. The third-order valence-corrected chi connectivity index (χ3v) is 4.67. The van der Waals surface area contributed by atoms with Crippen molar-refractivity contribution in [3.8, 4) is 5.75 Å². The number of ether oxygens (including phenoxy) is 1. The van der Waals surface area contributed by atoms with E-state index in [0.29, 0.717) is 0 Å². The summed E-state index contributed by atoms with van der Waals surface area (Å²) in [6, 6.07) is 12.8.